The minimum absolute atomic E-state index is 0.0305. The van der Waals surface area contributed by atoms with Crippen LogP contribution >= 0.6 is 0 Å². The second kappa shape index (κ2) is 6.52. The molecule has 1 saturated heterocycles. The zero-order valence-corrected chi connectivity index (χ0v) is 12.2. The first-order valence-electron chi connectivity index (χ1n) is 6.50. The molecule has 18 heavy (non-hydrogen) atoms. The number of carbonyl (C=O) groups is 1. The predicted molar refractivity (Wildman–Crippen MR) is 72.1 cm³/mol. The lowest BCUT2D eigenvalue weighted by Crippen LogP contribution is -2.42. The number of rotatable bonds is 6. The van der Waals surface area contributed by atoms with Crippen molar-refractivity contribution >= 4 is 15.7 Å². The van der Waals surface area contributed by atoms with Crippen LogP contribution in [0.3, 0.4) is 0 Å². The fourth-order valence-electron chi connectivity index (χ4n) is 1.89. The van der Waals surface area contributed by atoms with Gasteiger partial charge < -0.3 is 10.6 Å². The van der Waals surface area contributed by atoms with Crippen LogP contribution in [0.2, 0.25) is 0 Å². The number of sulfone groups is 1. The Bertz CT molecular complexity index is 379. The van der Waals surface area contributed by atoms with Crippen molar-refractivity contribution in [2.75, 3.05) is 24.6 Å². The van der Waals surface area contributed by atoms with Crippen molar-refractivity contribution in [2.45, 2.75) is 33.2 Å². The number of nitrogens with one attached hydrogen (secondary N) is 2. The number of hydrogen-bond acceptors (Lipinski definition) is 4. The normalized spacial score (nSPS) is 24.1. The van der Waals surface area contributed by atoms with Crippen molar-refractivity contribution in [3.05, 3.63) is 0 Å². The smallest absolute Gasteiger partial charge is 0.234 e. The summed E-state index contributed by atoms with van der Waals surface area (Å²) in [6.07, 6.45) is 0.708. The van der Waals surface area contributed by atoms with Gasteiger partial charge in [0, 0.05) is 6.04 Å². The molecule has 6 heteroatoms. The van der Waals surface area contributed by atoms with Crippen molar-refractivity contribution in [1.29, 1.82) is 0 Å². The molecule has 0 aromatic rings. The predicted octanol–water partition coefficient (Wildman–Crippen LogP) is 0.171. The molecule has 0 aromatic heterocycles. The summed E-state index contributed by atoms with van der Waals surface area (Å²) in [5.41, 5.74) is 0. The topological polar surface area (TPSA) is 75.3 Å². The highest BCUT2D eigenvalue weighted by Crippen LogP contribution is 2.17. The molecule has 2 N–H and O–H groups in total. The van der Waals surface area contributed by atoms with Gasteiger partial charge in [-0.25, -0.2) is 8.42 Å². The maximum atomic E-state index is 11.6. The van der Waals surface area contributed by atoms with Crippen molar-refractivity contribution < 1.29 is 13.2 Å². The molecule has 106 valence electrons. The van der Waals surface area contributed by atoms with Gasteiger partial charge in [0.05, 0.1) is 18.1 Å². The maximum Gasteiger partial charge on any atom is 0.234 e. The first kappa shape index (κ1) is 15.4. The molecule has 0 aliphatic carbocycles. The van der Waals surface area contributed by atoms with Crippen LogP contribution in [0.5, 0.6) is 0 Å². The monoisotopic (exact) mass is 276 g/mol. The van der Waals surface area contributed by atoms with E-state index in [0.29, 0.717) is 18.9 Å². The van der Waals surface area contributed by atoms with Crippen molar-refractivity contribution in [2.24, 2.45) is 11.8 Å². The minimum Gasteiger partial charge on any atom is -0.352 e. The van der Waals surface area contributed by atoms with Crippen molar-refractivity contribution in [3.8, 4) is 0 Å². The van der Waals surface area contributed by atoms with Crippen LogP contribution in [0.15, 0.2) is 0 Å². The molecule has 0 saturated carbocycles. The first-order valence-corrected chi connectivity index (χ1v) is 8.33. The Kier molecular flexibility index (Phi) is 5.59. The van der Waals surface area contributed by atoms with E-state index in [-0.39, 0.29) is 35.9 Å². The largest absolute Gasteiger partial charge is 0.352 e. The quantitative estimate of drug-likeness (QED) is 0.725. The number of amides is 1. The first-order chi connectivity index (χ1) is 8.30. The minimum atomic E-state index is -2.82. The Labute approximate surface area is 110 Å². The fraction of sp³-hybridized carbons (Fsp3) is 0.917. The van der Waals surface area contributed by atoms with E-state index in [1.165, 1.54) is 0 Å². The van der Waals surface area contributed by atoms with Gasteiger partial charge in [-0.3, -0.25) is 4.79 Å². The molecule has 1 aliphatic heterocycles. The molecule has 0 radical (unpaired) electrons. The van der Waals surface area contributed by atoms with Gasteiger partial charge in [0.2, 0.25) is 5.91 Å². The SMILES string of the molecule is CC(C)C(C)NC(=O)CNCC1CCS(=O)(=O)C1. The Morgan fingerprint density at radius 3 is 2.50 bits per heavy atom. The van der Waals surface area contributed by atoms with E-state index in [4.69, 9.17) is 0 Å². The summed E-state index contributed by atoms with van der Waals surface area (Å²) in [6, 6.07) is 0.158. The van der Waals surface area contributed by atoms with E-state index in [2.05, 4.69) is 24.5 Å². The summed E-state index contributed by atoms with van der Waals surface area (Å²) in [7, 11) is -2.82. The van der Waals surface area contributed by atoms with Gasteiger partial charge in [-0.05, 0) is 31.7 Å². The van der Waals surface area contributed by atoms with Gasteiger partial charge >= 0.3 is 0 Å². The molecule has 2 atom stereocenters. The molecule has 2 unspecified atom stereocenters. The summed E-state index contributed by atoms with van der Waals surface area (Å²) in [5.74, 6) is 1.08. The molecular weight excluding hydrogens is 252 g/mol. The van der Waals surface area contributed by atoms with Crippen molar-refractivity contribution in [3.63, 3.8) is 0 Å². The Balaban J connectivity index is 2.17. The second-order valence-electron chi connectivity index (χ2n) is 5.50. The molecule has 1 heterocycles. The highest BCUT2D eigenvalue weighted by molar-refractivity contribution is 7.91. The van der Waals surface area contributed by atoms with E-state index in [1.54, 1.807) is 0 Å². The molecule has 1 rings (SSSR count). The molecule has 0 bridgehead atoms. The standard InChI is InChI=1S/C12H24N2O3S/c1-9(2)10(3)14-12(15)7-13-6-11-4-5-18(16,17)8-11/h9-11,13H,4-8H2,1-3H3,(H,14,15). The van der Waals surface area contributed by atoms with Gasteiger partial charge in [-0.15, -0.1) is 0 Å². The lowest BCUT2D eigenvalue weighted by Gasteiger charge is -2.18. The van der Waals surface area contributed by atoms with E-state index in [1.807, 2.05) is 6.92 Å². The number of hydrogen-bond donors (Lipinski definition) is 2. The second-order valence-corrected chi connectivity index (χ2v) is 7.73. The molecule has 0 spiro atoms. The van der Waals surface area contributed by atoms with Crippen LogP contribution < -0.4 is 10.6 Å². The summed E-state index contributed by atoms with van der Waals surface area (Å²) >= 11 is 0. The highest BCUT2D eigenvalue weighted by atomic mass is 32.2. The third kappa shape index (κ3) is 5.35. The lowest BCUT2D eigenvalue weighted by atomic mass is 10.1. The third-order valence-electron chi connectivity index (χ3n) is 3.43. The van der Waals surface area contributed by atoms with Crippen LogP contribution in [0.4, 0.5) is 0 Å². The Morgan fingerprint density at radius 2 is 2.00 bits per heavy atom. The summed E-state index contributed by atoms with van der Waals surface area (Å²) < 4.78 is 22.5. The van der Waals surface area contributed by atoms with Crippen LogP contribution in [0, 0.1) is 11.8 Å². The summed E-state index contributed by atoms with van der Waals surface area (Å²) in [6.45, 7) is 6.95. The van der Waals surface area contributed by atoms with Gasteiger partial charge in [0.1, 0.15) is 0 Å². The van der Waals surface area contributed by atoms with Crippen LogP contribution in [0.25, 0.3) is 0 Å². The van der Waals surface area contributed by atoms with Gasteiger partial charge in [-0.1, -0.05) is 13.8 Å². The molecule has 1 aliphatic rings. The molecule has 5 nitrogen and oxygen atoms in total. The lowest BCUT2D eigenvalue weighted by molar-refractivity contribution is -0.121. The Morgan fingerprint density at radius 1 is 1.33 bits per heavy atom. The van der Waals surface area contributed by atoms with Gasteiger partial charge in [0.15, 0.2) is 9.84 Å². The summed E-state index contributed by atoms with van der Waals surface area (Å²) in [5, 5.41) is 5.93. The van der Waals surface area contributed by atoms with Gasteiger partial charge in [0.25, 0.3) is 0 Å². The molecule has 1 fully saturated rings. The third-order valence-corrected chi connectivity index (χ3v) is 5.27. The van der Waals surface area contributed by atoms with Crippen molar-refractivity contribution in [1.82, 2.24) is 10.6 Å². The highest BCUT2D eigenvalue weighted by Gasteiger charge is 2.27. The zero-order chi connectivity index (χ0) is 13.8. The van der Waals surface area contributed by atoms with Crippen LogP contribution in [0.1, 0.15) is 27.2 Å². The van der Waals surface area contributed by atoms with E-state index < -0.39 is 9.84 Å². The number of carbonyl (C=O) groups excluding carboxylic acids is 1. The zero-order valence-electron chi connectivity index (χ0n) is 11.4. The molecular formula is C12H24N2O3S. The van der Waals surface area contributed by atoms with E-state index in [0.717, 1.165) is 0 Å². The van der Waals surface area contributed by atoms with E-state index >= 15 is 0 Å². The average molecular weight is 276 g/mol. The Hall–Kier alpha value is -0.620. The maximum absolute atomic E-state index is 11.6. The van der Waals surface area contributed by atoms with Crippen LogP contribution in [-0.4, -0.2) is 45.0 Å². The molecule has 1 amide bonds. The fourth-order valence-corrected chi connectivity index (χ4v) is 3.76. The molecule has 0 aromatic carbocycles. The van der Waals surface area contributed by atoms with Crippen LogP contribution in [-0.2, 0) is 14.6 Å². The average Bonchev–Trinajstić information content (AvgIpc) is 2.58. The van der Waals surface area contributed by atoms with E-state index in [9.17, 15) is 13.2 Å². The summed E-state index contributed by atoms with van der Waals surface area (Å²) in [4.78, 5) is 11.6. The van der Waals surface area contributed by atoms with Gasteiger partial charge in [-0.2, -0.15) is 0 Å².